The Bertz CT molecular complexity index is 644. The monoisotopic (exact) mass is 194 g/mol. The highest BCUT2D eigenvalue weighted by atomic mass is 14.9. The number of fused-ring (bicyclic) bond motifs is 3. The molecule has 0 unspecified atom stereocenters. The lowest BCUT2D eigenvalue weighted by Crippen LogP contribution is -1.88. The number of aryl methyl sites for hydroxylation is 1. The minimum absolute atomic E-state index is 0.817. The zero-order chi connectivity index (χ0) is 10.3. The lowest BCUT2D eigenvalue weighted by atomic mass is 10.1. The SMILES string of the molecule is Cc1ncc2c(ccc3ccccc32)n1. The van der Waals surface area contributed by atoms with Crippen LogP contribution in [0.5, 0.6) is 0 Å². The van der Waals surface area contributed by atoms with Crippen LogP contribution in [0.15, 0.2) is 42.6 Å². The fourth-order valence-corrected chi connectivity index (χ4v) is 1.88. The van der Waals surface area contributed by atoms with Crippen molar-refractivity contribution in [3.63, 3.8) is 0 Å². The van der Waals surface area contributed by atoms with Crippen LogP contribution in [0.25, 0.3) is 21.7 Å². The quantitative estimate of drug-likeness (QED) is 0.514. The van der Waals surface area contributed by atoms with E-state index in [1.165, 1.54) is 10.8 Å². The van der Waals surface area contributed by atoms with E-state index in [-0.39, 0.29) is 0 Å². The van der Waals surface area contributed by atoms with Gasteiger partial charge in [0.25, 0.3) is 0 Å². The van der Waals surface area contributed by atoms with Crippen LogP contribution < -0.4 is 0 Å². The molecule has 1 aromatic heterocycles. The highest BCUT2D eigenvalue weighted by molar-refractivity contribution is 6.05. The first-order chi connectivity index (χ1) is 7.34. The highest BCUT2D eigenvalue weighted by Crippen LogP contribution is 2.22. The second-order valence-corrected chi connectivity index (χ2v) is 3.64. The van der Waals surface area contributed by atoms with Crippen LogP contribution in [-0.2, 0) is 0 Å². The van der Waals surface area contributed by atoms with Crippen LogP contribution in [0.3, 0.4) is 0 Å². The molecule has 0 aliphatic rings. The molecule has 0 fully saturated rings. The second kappa shape index (κ2) is 3.02. The van der Waals surface area contributed by atoms with Gasteiger partial charge in [-0.15, -0.1) is 0 Å². The molecule has 0 saturated carbocycles. The summed E-state index contributed by atoms with van der Waals surface area (Å²) in [5.74, 6) is 0.817. The predicted molar refractivity (Wildman–Crippen MR) is 61.8 cm³/mol. The molecule has 0 saturated heterocycles. The number of aromatic nitrogens is 2. The van der Waals surface area contributed by atoms with E-state index in [1.54, 1.807) is 0 Å². The van der Waals surface area contributed by atoms with Crippen LogP contribution >= 0.6 is 0 Å². The first kappa shape index (κ1) is 8.36. The van der Waals surface area contributed by atoms with E-state index in [0.717, 1.165) is 16.7 Å². The predicted octanol–water partition coefficient (Wildman–Crippen LogP) is 3.09. The Kier molecular flexibility index (Phi) is 1.68. The molecule has 0 aliphatic carbocycles. The minimum atomic E-state index is 0.817. The minimum Gasteiger partial charge on any atom is -0.241 e. The molecular weight excluding hydrogens is 184 g/mol. The van der Waals surface area contributed by atoms with E-state index in [9.17, 15) is 0 Å². The van der Waals surface area contributed by atoms with Crippen molar-refractivity contribution in [3.05, 3.63) is 48.4 Å². The average molecular weight is 194 g/mol. The molecule has 0 aliphatic heterocycles. The number of benzene rings is 2. The van der Waals surface area contributed by atoms with E-state index in [2.05, 4.69) is 28.2 Å². The van der Waals surface area contributed by atoms with Gasteiger partial charge >= 0.3 is 0 Å². The van der Waals surface area contributed by atoms with Gasteiger partial charge in [0.15, 0.2) is 0 Å². The molecule has 2 nitrogen and oxygen atoms in total. The summed E-state index contributed by atoms with van der Waals surface area (Å²) in [6.45, 7) is 1.91. The molecule has 0 amide bonds. The van der Waals surface area contributed by atoms with E-state index >= 15 is 0 Å². The average Bonchev–Trinajstić information content (AvgIpc) is 2.28. The molecule has 0 radical (unpaired) electrons. The Morgan fingerprint density at radius 3 is 2.73 bits per heavy atom. The van der Waals surface area contributed by atoms with Crippen LogP contribution in [0.1, 0.15) is 5.82 Å². The maximum Gasteiger partial charge on any atom is 0.125 e. The molecule has 0 bridgehead atoms. The summed E-state index contributed by atoms with van der Waals surface area (Å²) >= 11 is 0. The number of hydrogen-bond donors (Lipinski definition) is 0. The number of hydrogen-bond acceptors (Lipinski definition) is 2. The molecule has 72 valence electrons. The summed E-state index contributed by atoms with van der Waals surface area (Å²) in [7, 11) is 0. The maximum atomic E-state index is 4.41. The van der Waals surface area contributed by atoms with Crippen LogP contribution in [0, 0.1) is 6.92 Å². The van der Waals surface area contributed by atoms with Crippen LogP contribution in [-0.4, -0.2) is 9.97 Å². The molecule has 2 heteroatoms. The van der Waals surface area contributed by atoms with E-state index < -0.39 is 0 Å². The summed E-state index contributed by atoms with van der Waals surface area (Å²) in [5, 5.41) is 3.58. The van der Waals surface area contributed by atoms with Crippen molar-refractivity contribution in [1.29, 1.82) is 0 Å². The molecule has 3 aromatic rings. The molecule has 0 spiro atoms. The molecule has 0 atom stereocenters. The summed E-state index contributed by atoms with van der Waals surface area (Å²) in [6.07, 6.45) is 1.90. The van der Waals surface area contributed by atoms with Gasteiger partial charge in [-0.2, -0.15) is 0 Å². The van der Waals surface area contributed by atoms with Gasteiger partial charge in [0.05, 0.1) is 5.52 Å². The van der Waals surface area contributed by atoms with Gasteiger partial charge in [0, 0.05) is 11.6 Å². The Hall–Kier alpha value is -1.96. The number of rotatable bonds is 0. The molecular formula is C13H10N2. The first-order valence-electron chi connectivity index (χ1n) is 4.96. The second-order valence-electron chi connectivity index (χ2n) is 3.64. The van der Waals surface area contributed by atoms with Crippen LogP contribution in [0.4, 0.5) is 0 Å². The lowest BCUT2D eigenvalue weighted by Gasteiger charge is -2.02. The largest absolute Gasteiger partial charge is 0.241 e. The first-order valence-corrected chi connectivity index (χ1v) is 4.96. The Morgan fingerprint density at radius 2 is 1.80 bits per heavy atom. The van der Waals surface area contributed by atoms with Crippen molar-refractivity contribution in [2.75, 3.05) is 0 Å². The van der Waals surface area contributed by atoms with Crippen LogP contribution in [0.2, 0.25) is 0 Å². The third-order valence-electron chi connectivity index (χ3n) is 2.61. The Labute approximate surface area is 87.6 Å². The van der Waals surface area contributed by atoms with E-state index in [1.807, 2.05) is 31.3 Å². The fourth-order valence-electron chi connectivity index (χ4n) is 1.88. The maximum absolute atomic E-state index is 4.41. The Balaban J connectivity index is 2.55. The van der Waals surface area contributed by atoms with Gasteiger partial charge in [-0.1, -0.05) is 30.3 Å². The summed E-state index contributed by atoms with van der Waals surface area (Å²) in [6, 6.07) is 12.5. The molecule has 2 aromatic carbocycles. The summed E-state index contributed by atoms with van der Waals surface area (Å²) < 4.78 is 0. The summed E-state index contributed by atoms with van der Waals surface area (Å²) in [5.41, 5.74) is 1.02. The van der Waals surface area contributed by atoms with Crippen molar-refractivity contribution >= 4 is 21.7 Å². The zero-order valence-electron chi connectivity index (χ0n) is 8.44. The third kappa shape index (κ3) is 1.26. The Morgan fingerprint density at radius 1 is 0.933 bits per heavy atom. The topological polar surface area (TPSA) is 25.8 Å². The van der Waals surface area contributed by atoms with Gasteiger partial charge < -0.3 is 0 Å². The third-order valence-corrected chi connectivity index (χ3v) is 2.61. The zero-order valence-corrected chi connectivity index (χ0v) is 8.44. The molecule has 0 N–H and O–H groups in total. The van der Waals surface area contributed by atoms with E-state index in [0.29, 0.717) is 0 Å². The van der Waals surface area contributed by atoms with Gasteiger partial charge in [0.1, 0.15) is 5.82 Å². The van der Waals surface area contributed by atoms with Crippen molar-refractivity contribution < 1.29 is 0 Å². The van der Waals surface area contributed by atoms with E-state index in [4.69, 9.17) is 0 Å². The highest BCUT2D eigenvalue weighted by Gasteiger charge is 2.00. The molecule has 3 rings (SSSR count). The normalized spacial score (nSPS) is 11.0. The standard InChI is InChI=1S/C13H10N2/c1-9-14-8-12-11-5-3-2-4-10(11)6-7-13(12)15-9/h2-8H,1H3. The van der Waals surface area contributed by atoms with Gasteiger partial charge in [0.2, 0.25) is 0 Å². The van der Waals surface area contributed by atoms with Crippen molar-refractivity contribution in [3.8, 4) is 0 Å². The van der Waals surface area contributed by atoms with Gasteiger partial charge in [-0.25, -0.2) is 9.97 Å². The fraction of sp³-hybridized carbons (Fsp3) is 0.0769. The molecule has 15 heavy (non-hydrogen) atoms. The lowest BCUT2D eigenvalue weighted by molar-refractivity contribution is 1.09. The van der Waals surface area contributed by atoms with Crippen molar-refractivity contribution in [2.24, 2.45) is 0 Å². The molecule has 1 heterocycles. The van der Waals surface area contributed by atoms with Gasteiger partial charge in [-0.05, 0) is 23.8 Å². The summed E-state index contributed by atoms with van der Waals surface area (Å²) in [4.78, 5) is 8.66. The van der Waals surface area contributed by atoms with Crippen molar-refractivity contribution in [1.82, 2.24) is 9.97 Å². The smallest absolute Gasteiger partial charge is 0.125 e. The van der Waals surface area contributed by atoms with Crippen molar-refractivity contribution in [2.45, 2.75) is 6.92 Å². The number of nitrogens with zero attached hydrogens (tertiary/aromatic N) is 2. The van der Waals surface area contributed by atoms with Gasteiger partial charge in [-0.3, -0.25) is 0 Å².